The van der Waals surface area contributed by atoms with Crippen LogP contribution in [0.2, 0.25) is 5.02 Å². The molecule has 1 aromatic carbocycles. The van der Waals surface area contributed by atoms with E-state index in [1.54, 1.807) is 0 Å². The van der Waals surface area contributed by atoms with Gasteiger partial charge >= 0.3 is 5.97 Å². The SMILES string of the molecule is COc1cc(/C=C/C(=O)O)c(NC(C)=O)c(OC)c1Cl. The Labute approximate surface area is 120 Å². The Morgan fingerprint density at radius 2 is 2.00 bits per heavy atom. The van der Waals surface area contributed by atoms with Gasteiger partial charge in [-0.3, -0.25) is 4.79 Å². The molecule has 2 N–H and O–H groups in total. The number of anilines is 1. The fourth-order valence-electron chi connectivity index (χ4n) is 1.57. The summed E-state index contributed by atoms with van der Waals surface area (Å²) in [5.74, 6) is -0.949. The number of aliphatic carboxylic acids is 1. The largest absolute Gasteiger partial charge is 0.495 e. The van der Waals surface area contributed by atoms with Crippen molar-refractivity contribution < 1.29 is 24.2 Å². The minimum atomic E-state index is -1.12. The summed E-state index contributed by atoms with van der Waals surface area (Å²) in [5, 5.41) is 11.4. The monoisotopic (exact) mass is 299 g/mol. The first-order valence-electron chi connectivity index (χ1n) is 5.53. The molecule has 0 aromatic heterocycles. The molecule has 0 radical (unpaired) electrons. The zero-order valence-electron chi connectivity index (χ0n) is 11.2. The molecule has 0 atom stereocenters. The van der Waals surface area contributed by atoms with Crippen molar-refractivity contribution in [2.24, 2.45) is 0 Å². The van der Waals surface area contributed by atoms with E-state index in [0.29, 0.717) is 11.3 Å². The summed E-state index contributed by atoms with van der Waals surface area (Å²) in [6, 6.07) is 1.51. The molecule has 0 heterocycles. The first kappa shape index (κ1) is 15.8. The molecule has 0 saturated heterocycles. The van der Waals surface area contributed by atoms with Gasteiger partial charge in [-0.25, -0.2) is 4.79 Å². The molecule has 0 saturated carbocycles. The highest BCUT2D eigenvalue weighted by Crippen LogP contribution is 2.43. The summed E-state index contributed by atoms with van der Waals surface area (Å²) in [6.07, 6.45) is 2.25. The molecule has 0 unspecified atom stereocenters. The van der Waals surface area contributed by atoms with Crippen molar-refractivity contribution in [3.63, 3.8) is 0 Å². The van der Waals surface area contributed by atoms with Gasteiger partial charge in [0.05, 0.1) is 19.9 Å². The van der Waals surface area contributed by atoms with Gasteiger partial charge in [-0.05, 0) is 12.1 Å². The number of ether oxygens (including phenoxy) is 2. The zero-order chi connectivity index (χ0) is 15.3. The van der Waals surface area contributed by atoms with Gasteiger partial charge in [0.25, 0.3) is 0 Å². The minimum absolute atomic E-state index is 0.186. The van der Waals surface area contributed by atoms with Gasteiger partial charge in [-0.1, -0.05) is 11.6 Å². The molecule has 0 aliphatic carbocycles. The van der Waals surface area contributed by atoms with Crippen LogP contribution < -0.4 is 14.8 Å². The quantitative estimate of drug-likeness (QED) is 0.816. The summed E-state index contributed by atoms with van der Waals surface area (Å²) < 4.78 is 10.2. The number of methoxy groups -OCH3 is 2. The van der Waals surface area contributed by atoms with Crippen LogP contribution in [0, 0.1) is 0 Å². The maximum Gasteiger partial charge on any atom is 0.328 e. The number of hydrogen-bond donors (Lipinski definition) is 2. The topological polar surface area (TPSA) is 84.9 Å². The van der Waals surface area contributed by atoms with Gasteiger partial charge in [0.15, 0.2) is 5.75 Å². The molecule has 0 fully saturated rings. The van der Waals surface area contributed by atoms with E-state index in [-0.39, 0.29) is 22.4 Å². The Morgan fingerprint density at radius 1 is 1.35 bits per heavy atom. The Balaban J connectivity index is 3.51. The molecular weight excluding hydrogens is 286 g/mol. The number of rotatable bonds is 5. The van der Waals surface area contributed by atoms with Crippen molar-refractivity contribution in [2.45, 2.75) is 6.92 Å². The highest BCUT2D eigenvalue weighted by atomic mass is 35.5. The highest BCUT2D eigenvalue weighted by molar-refractivity contribution is 6.34. The van der Waals surface area contributed by atoms with Gasteiger partial charge in [-0.15, -0.1) is 0 Å². The van der Waals surface area contributed by atoms with E-state index >= 15 is 0 Å². The number of carboxylic acids is 1. The summed E-state index contributed by atoms with van der Waals surface area (Å²) >= 11 is 6.09. The number of carbonyl (C=O) groups excluding carboxylic acids is 1. The molecule has 1 amide bonds. The number of halogens is 1. The number of hydrogen-bond acceptors (Lipinski definition) is 4. The third kappa shape index (κ3) is 3.64. The highest BCUT2D eigenvalue weighted by Gasteiger charge is 2.18. The van der Waals surface area contributed by atoms with Gasteiger partial charge in [0.2, 0.25) is 5.91 Å². The van der Waals surface area contributed by atoms with E-state index in [4.69, 9.17) is 26.2 Å². The molecule has 7 heteroatoms. The van der Waals surface area contributed by atoms with E-state index in [9.17, 15) is 9.59 Å². The molecule has 20 heavy (non-hydrogen) atoms. The summed E-state index contributed by atoms with van der Waals surface area (Å²) in [5.41, 5.74) is 0.684. The molecule has 1 aromatic rings. The van der Waals surface area contributed by atoms with E-state index in [1.807, 2.05) is 0 Å². The summed E-state index contributed by atoms with van der Waals surface area (Å²) in [4.78, 5) is 21.9. The third-order valence-electron chi connectivity index (χ3n) is 2.35. The van der Waals surface area contributed by atoms with E-state index in [1.165, 1.54) is 33.3 Å². The van der Waals surface area contributed by atoms with Crippen molar-refractivity contribution in [3.05, 3.63) is 22.7 Å². The van der Waals surface area contributed by atoms with E-state index in [0.717, 1.165) is 6.08 Å². The first-order chi connectivity index (χ1) is 9.40. The molecule has 108 valence electrons. The maximum absolute atomic E-state index is 11.3. The maximum atomic E-state index is 11.3. The third-order valence-corrected chi connectivity index (χ3v) is 2.71. The second-order valence-corrected chi connectivity index (χ2v) is 4.12. The van der Waals surface area contributed by atoms with E-state index in [2.05, 4.69) is 5.32 Å². The minimum Gasteiger partial charge on any atom is -0.495 e. The predicted molar refractivity (Wildman–Crippen MR) is 75.5 cm³/mol. The van der Waals surface area contributed by atoms with Crippen molar-refractivity contribution >= 4 is 35.2 Å². The second-order valence-electron chi connectivity index (χ2n) is 3.74. The van der Waals surface area contributed by atoms with Gasteiger partial charge in [0.1, 0.15) is 10.8 Å². The lowest BCUT2D eigenvalue weighted by Gasteiger charge is -2.16. The number of amides is 1. The number of carbonyl (C=O) groups is 2. The molecule has 0 aliphatic rings. The van der Waals surface area contributed by atoms with Crippen LogP contribution >= 0.6 is 11.6 Å². The van der Waals surface area contributed by atoms with Crippen molar-refractivity contribution in [1.29, 1.82) is 0 Å². The normalized spacial score (nSPS) is 10.4. The number of carboxylic acid groups (broad SMARTS) is 1. The molecule has 6 nitrogen and oxygen atoms in total. The Kier molecular flexibility index (Phi) is 5.40. The zero-order valence-corrected chi connectivity index (χ0v) is 11.9. The fraction of sp³-hybridized carbons (Fsp3) is 0.231. The van der Waals surface area contributed by atoms with Crippen LogP contribution in [0.25, 0.3) is 6.08 Å². The lowest BCUT2D eigenvalue weighted by molar-refractivity contribution is -0.131. The molecule has 0 spiro atoms. The van der Waals surface area contributed by atoms with Crippen LogP contribution in [0.3, 0.4) is 0 Å². The first-order valence-corrected chi connectivity index (χ1v) is 5.91. The Morgan fingerprint density at radius 3 is 2.45 bits per heavy atom. The van der Waals surface area contributed by atoms with Crippen LogP contribution in [-0.4, -0.2) is 31.2 Å². The summed E-state index contributed by atoms with van der Waals surface area (Å²) in [7, 11) is 2.81. The van der Waals surface area contributed by atoms with Crippen LogP contribution in [0.5, 0.6) is 11.5 Å². The number of benzene rings is 1. The molecule has 1 rings (SSSR count). The Bertz CT molecular complexity index is 568. The second kappa shape index (κ2) is 6.81. The lowest BCUT2D eigenvalue weighted by Crippen LogP contribution is -2.09. The van der Waals surface area contributed by atoms with Crippen LogP contribution in [0.4, 0.5) is 5.69 Å². The van der Waals surface area contributed by atoms with Crippen LogP contribution in [0.15, 0.2) is 12.1 Å². The van der Waals surface area contributed by atoms with Crippen LogP contribution in [-0.2, 0) is 9.59 Å². The van der Waals surface area contributed by atoms with Crippen molar-refractivity contribution in [1.82, 2.24) is 0 Å². The standard InChI is InChI=1S/C13H14ClNO5/c1-7(16)15-12-8(4-5-10(17)18)6-9(19-2)11(14)13(12)20-3/h4-6H,1-3H3,(H,15,16)(H,17,18)/b5-4+. The van der Waals surface area contributed by atoms with Crippen LogP contribution in [0.1, 0.15) is 12.5 Å². The molecule has 0 bridgehead atoms. The lowest BCUT2D eigenvalue weighted by atomic mass is 10.1. The fourth-order valence-corrected chi connectivity index (χ4v) is 1.87. The van der Waals surface area contributed by atoms with Crippen molar-refractivity contribution in [2.75, 3.05) is 19.5 Å². The van der Waals surface area contributed by atoms with Crippen molar-refractivity contribution in [3.8, 4) is 11.5 Å². The molecular formula is C13H14ClNO5. The van der Waals surface area contributed by atoms with Gasteiger partial charge in [-0.2, -0.15) is 0 Å². The average molecular weight is 300 g/mol. The number of nitrogens with one attached hydrogen (secondary N) is 1. The van der Waals surface area contributed by atoms with Gasteiger partial charge in [0, 0.05) is 18.6 Å². The van der Waals surface area contributed by atoms with E-state index < -0.39 is 5.97 Å². The molecule has 0 aliphatic heterocycles. The smallest absolute Gasteiger partial charge is 0.328 e. The van der Waals surface area contributed by atoms with Gasteiger partial charge < -0.3 is 19.9 Å². The average Bonchev–Trinajstić information content (AvgIpc) is 2.37. The Hall–Kier alpha value is -2.21. The predicted octanol–water partition coefficient (Wildman–Crippen LogP) is 2.41. The summed E-state index contributed by atoms with van der Waals surface area (Å²) in [6.45, 7) is 1.32.